The largest absolute Gasteiger partial charge is 0.465 e. The fraction of sp³-hybridized carbons (Fsp3) is 0.115. The zero-order valence-electron chi connectivity index (χ0n) is 19.9. The van der Waals surface area contributed by atoms with Gasteiger partial charge in [0.2, 0.25) is 5.71 Å². The minimum Gasteiger partial charge on any atom is -0.465 e. The summed E-state index contributed by atoms with van der Waals surface area (Å²) < 4.78 is 19.9. The number of nitriles is 1. The van der Waals surface area contributed by atoms with E-state index in [-0.39, 0.29) is 39.8 Å². The SMILES string of the molecule is N#CC(=NNc1cc(Cl)c(Oc2ccc3c(c2)CCN(Cc2ccccc2F)C3=O)c(Cl)c1)C(=O)NC(=O)O. The van der Waals surface area contributed by atoms with E-state index in [0.29, 0.717) is 29.8 Å². The average Bonchev–Trinajstić information content (AvgIpc) is 2.89. The number of hydrogen-bond donors (Lipinski definition) is 3. The van der Waals surface area contributed by atoms with Crippen molar-refractivity contribution in [1.82, 2.24) is 10.2 Å². The first-order valence-electron chi connectivity index (χ1n) is 11.3. The van der Waals surface area contributed by atoms with E-state index >= 15 is 0 Å². The number of carboxylic acid groups (broad SMARTS) is 1. The maximum atomic E-state index is 14.1. The number of nitrogens with one attached hydrogen (secondary N) is 2. The van der Waals surface area contributed by atoms with Crippen molar-refractivity contribution in [2.45, 2.75) is 13.0 Å². The predicted molar refractivity (Wildman–Crippen MR) is 141 cm³/mol. The van der Waals surface area contributed by atoms with Crippen LogP contribution in [0.25, 0.3) is 0 Å². The quantitative estimate of drug-likeness (QED) is 0.261. The number of carbonyl (C=O) groups excluding carboxylic acids is 2. The smallest absolute Gasteiger partial charge is 0.411 e. The number of amides is 3. The maximum absolute atomic E-state index is 14.1. The lowest BCUT2D eigenvalue weighted by atomic mass is 9.98. The Labute approximate surface area is 231 Å². The Hall–Kier alpha value is -4.66. The van der Waals surface area contributed by atoms with Crippen LogP contribution in [0.3, 0.4) is 0 Å². The minimum atomic E-state index is -1.64. The molecule has 0 aliphatic carbocycles. The number of carbonyl (C=O) groups is 3. The van der Waals surface area contributed by atoms with Gasteiger partial charge in [-0.3, -0.25) is 20.3 Å². The molecule has 1 aliphatic rings. The third-order valence-corrected chi connectivity index (χ3v) is 6.18. The summed E-state index contributed by atoms with van der Waals surface area (Å²) in [6, 6.07) is 15.5. The Morgan fingerprint density at radius 2 is 1.87 bits per heavy atom. The van der Waals surface area contributed by atoms with Crippen LogP contribution in [0.1, 0.15) is 21.5 Å². The summed E-state index contributed by atoms with van der Waals surface area (Å²) in [5.74, 6) is -1.30. The molecule has 198 valence electrons. The molecule has 13 heteroatoms. The van der Waals surface area contributed by atoms with Crippen LogP contribution < -0.4 is 15.5 Å². The molecule has 39 heavy (non-hydrogen) atoms. The lowest BCUT2D eigenvalue weighted by Gasteiger charge is -2.29. The van der Waals surface area contributed by atoms with Crippen LogP contribution >= 0.6 is 23.2 Å². The second-order valence-corrected chi connectivity index (χ2v) is 9.02. The fourth-order valence-electron chi connectivity index (χ4n) is 3.80. The molecule has 3 aromatic carbocycles. The van der Waals surface area contributed by atoms with E-state index in [1.807, 2.05) is 0 Å². The Balaban J connectivity index is 1.47. The summed E-state index contributed by atoms with van der Waals surface area (Å²) in [7, 11) is 0. The molecule has 0 radical (unpaired) electrons. The summed E-state index contributed by atoms with van der Waals surface area (Å²) in [4.78, 5) is 36.8. The van der Waals surface area contributed by atoms with Crippen LogP contribution in [0.2, 0.25) is 10.0 Å². The number of fused-ring (bicyclic) bond motifs is 1. The highest BCUT2D eigenvalue weighted by Crippen LogP contribution is 2.39. The number of ether oxygens (including phenoxy) is 1. The van der Waals surface area contributed by atoms with E-state index in [1.54, 1.807) is 41.3 Å². The van der Waals surface area contributed by atoms with Gasteiger partial charge in [0.25, 0.3) is 11.8 Å². The Bertz CT molecular complexity index is 1530. The van der Waals surface area contributed by atoms with Crippen molar-refractivity contribution in [1.29, 1.82) is 5.26 Å². The molecule has 0 aromatic heterocycles. The molecule has 3 N–H and O–H groups in total. The summed E-state index contributed by atoms with van der Waals surface area (Å²) in [6.07, 6.45) is -1.10. The van der Waals surface area contributed by atoms with Crippen molar-refractivity contribution in [2.75, 3.05) is 12.0 Å². The predicted octanol–water partition coefficient (Wildman–Crippen LogP) is 5.21. The number of hydrazone groups is 1. The number of imide groups is 1. The molecule has 1 heterocycles. The van der Waals surface area contributed by atoms with E-state index in [4.69, 9.17) is 38.3 Å². The molecule has 0 saturated heterocycles. The molecule has 1 aliphatic heterocycles. The molecule has 3 aromatic rings. The van der Waals surface area contributed by atoms with Gasteiger partial charge in [-0.15, -0.1) is 0 Å². The third-order valence-electron chi connectivity index (χ3n) is 5.62. The van der Waals surface area contributed by atoms with Crippen molar-refractivity contribution < 1.29 is 28.6 Å². The first-order valence-corrected chi connectivity index (χ1v) is 12.0. The second-order valence-electron chi connectivity index (χ2n) is 8.20. The molecule has 0 bridgehead atoms. The summed E-state index contributed by atoms with van der Waals surface area (Å²) in [5.41, 5.74) is 3.55. The normalized spacial score (nSPS) is 12.8. The highest BCUT2D eigenvalue weighted by atomic mass is 35.5. The summed E-state index contributed by atoms with van der Waals surface area (Å²) in [5, 5.41) is 22.8. The number of anilines is 1. The Morgan fingerprint density at radius 3 is 2.54 bits per heavy atom. The van der Waals surface area contributed by atoms with Crippen LogP contribution in [0.5, 0.6) is 11.5 Å². The van der Waals surface area contributed by atoms with Crippen LogP contribution in [0, 0.1) is 17.1 Å². The monoisotopic (exact) mass is 569 g/mol. The van der Waals surface area contributed by atoms with Gasteiger partial charge < -0.3 is 14.7 Å². The highest BCUT2D eigenvalue weighted by molar-refractivity contribution is 6.46. The average molecular weight is 570 g/mol. The van der Waals surface area contributed by atoms with Gasteiger partial charge in [0, 0.05) is 24.2 Å². The number of hydrogen-bond acceptors (Lipinski definition) is 7. The van der Waals surface area contributed by atoms with Crippen LogP contribution in [-0.4, -0.2) is 40.2 Å². The molecular formula is C26H18Cl2FN5O5. The molecule has 0 unspecified atom stereocenters. The summed E-state index contributed by atoms with van der Waals surface area (Å²) >= 11 is 12.7. The molecule has 3 amide bonds. The first-order chi connectivity index (χ1) is 18.7. The zero-order chi connectivity index (χ0) is 28.1. The lowest BCUT2D eigenvalue weighted by molar-refractivity contribution is -0.114. The third kappa shape index (κ3) is 6.43. The Kier molecular flexibility index (Phi) is 8.29. The standard InChI is InChI=1S/C26H18Cl2FN5O5/c27-19-10-16(32-33-22(12-30)24(35)31-26(37)38)11-20(28)23(19)39-17-5-6-18-14(9-17)7-8-34(25(18)36)13-15-3-1-2-4-21(15)29/h1-6,9-11,32H,7-8,13H2,(H,31,35)(H,37,38). The summed E-state index contributed by atoms with van der Waals surface area (Å²) in [6.45, 7) is 0.570. The van der Waals surface area contributed by atoms with Gasteiger partial charge >= 0.3 is 6.09 Å². The Morgan fingerprint density at radius 1 is 1.15 bits per heavy atom. The van der Waals surface area contributed by atoms with Crippen molar-refractivity contribution in [3.05, 3.63) is 87.2 Å². The number of nitrogens with zero attached hydrogens (tertiary/aromatic N) is 3. The molecule has 4 rings (SSSR count). The topological polar surface area (TPSA) is 144 Å². The highest BCUT2D eigenvalue weighted by Gasteiger charge is 2.26. The fourth-order valence-corrected chi connectivity index (χ4v) is 4.37. The van der Waals surface area contributed by atoms with Gasteiger partial charge in [-0.2, -0.15) is 10.4 Å². The van der Waals surface area contributed by atoms with Gasteiger partial charge in [0.1, 0.15) is 17.6 Å². The van der Waals surface area contributed by atoms with E-state index in [1.165, 1.54) is 29.6 Å². The second kappa shape index (κ2) is 11.8. The van der Waals surface area contributed by atoms with E-state index < -0.39 is 17.7 Å². The first kappa shape index (κ1) is 27.4. The molecule has 0 spiro atoms. The number of rotatable bonds is 7. The molecule has 10 nitrogen and oxygen atoms in total. The van der Waals surface area contributed by atoms with Crippen molar-refractivity contribution in [3.8, 4) is 17.6 Å². The van der Waals surface area contributed by atoms with Crippen LogP contribution in [-0.2, 0) is 17.8 Å². The molecule has 0 fully saturated rings. The van der Waals surface area contributed by atoms with Crippen molar-refractivity contribution in [2.24, 2.45) is 5.10 Å². The van der Waals surface area contributed by atoms with Crippen molar-refractivity contribution in [3.63, 3.8) is 0 Å². The molecule has 0 saturated carbocycles. The van der Waals surface area contributed by atoms with Gasteiger partial charge in [-0.05, 0) is 48.4 Å². The van der Waals surface area contributed by atoms with E-state index in [9.17, 15) is 18.8 Å². The van der Waals surface area contributed by atoms with E-state index in [2.05, 4.69) is 10.5 Å². The maximum Gasteiger partial charge on any atom is 0.411 e. The lowest BCUT2D eigenvalue weighted by Crippen LogP contribution is -2.37. The van der Waals surface area contributed by atoms with Gasteiger partial charge in [0.05, 0.1) is 15.7 Å². The number of halogens is 3. The van der Waals surface area contributed by atoms with Crippen LogP contribution in [0.4, 0.5) is 14.9 Å². The van der Waals surface area contributed by atoms with Gasteiger partial charge in [-0.1, -0.05) is 41.4 Å². The van der Waals surface area contributed by atoms with E-state index in [0.717, 1.165) is 5.56 Å². The van der Waals surface area contributed by atoms with Crippen molar-refractivity contribution >= 4 is 52.5 Å². The zero-order valence-corrected chi connectivity index (χ0v) is 21.4. The van der Waals surface area contributed by atoms with Gasteiger partial charge in [0.15, 0.2) is 5.75 Å². The molecule has 0 atom stereocenters. The molecular weight excluding hydrogens is 552 g/mol. The van der Waals surface area contributed by atoms with Crippen LogP contribution in [0.15, 0.2) is 59.7 Å². The minimum absolute atomic E-state index is 0.0681. The number of benzene rings is 3. The van der Waals surface area contributed by atoms with Gasteiger partial charge in [-0.25, -0.2) is 9.18 Å².